The molecule has 13 heavy (non-hydrogen) atoms. The van der Waals surface area contributed by atoms with Crippen LogP contribution < -0.4 is 0 Å². The van der Waals surface area contributed by atoms with Crippen LogP contribution in [-0.2, 0) is 10.7 Å². The molecule has 74 valence electrons. The third-order valence-corrected chi connectivity index (χ3v) is 2.46. The van der Waals surface area contributed by atoms with Crippen LogP contribution in [0.2, 0.25) is 0 Å². The molecular formula is C10H15Br2N. The minimum atomic E-state index is 0. The molecule has 0 spiro atoms. The van der Waals surface area contributed by atoms with Crippen molar-refractivity contribution in [3.63, 3.8) is 0 Å². The van der Waals surface area contributed by atoms with Gasteiger partial charge in [0.25, 0.3) is 0 Å². The smallest absolute Gasteiger partial charge is 0.0308 e. The maximum atomic E-state index is 4.19. The quantitative estimate of drug-likeness (QED) is 0.718. The van der Waals surface area contributed by atoms with Crippen molar-refractivity contribution in [2.45, 2.75) is 31.5 Å². The first-order chi connectivity index (χ1) is 5.54. The van der Waals surface area contributed by atoms with E-state index in [4.69, 9.17) is 0 Å². The van der Waals surface area contributed by atoms with Crippen molar-refractivity contribution in [2.24, 2.45) is 0 Å². The number of hydrogen-bond acceptors (Lipinski definition) is 1. The van der Waals surface area contributed by atoms with Crippen LogP contribution in [0.5, 0.6) is 0 Å². The van der Waals surface area contributed by atoms with Gasteiger partial charge in [-0.05, 0) is 16.5 Å². The molecule has 3 heteroatoms. The van der Waals surface area contributed by atoms with E-state index >= 15 is 0 Å². The van der Waals surface area contributed by atoms with Crippen molar-refractivity contribution in [2.75, 3.05) is 0 Å². The third kappa shape index (κ3) is 3.77. The SMILES string of the molecule is Br.CC(C)(C)c1cncc(CBr)c1. The van der Waals surface area contributed by atoms with Gasteiger partial charge < -0.3 is 0 Å². The molecule has 1 aromatic rings. The van der Waals surface area contributed by atoms with Crippen LogP contribution >= 0.6 is 32.9 Å². The second-order valence-corrected chi connectivity index (χ2v) is 4.53. The monoisotopic (exact) mass is 307 g/mol. The molecule has 1 aromatic heterocycles. The Kier molecular flexibility index (Phi) is 5.15. The molecule has 1 nitrogen and oxygen atoms in total. The molecule has 0 amide bonds. The normalized spacial score (nSPS) is 10.8. The summed E-state index contributed by atoms with van der Waals surface area (Å²) in [6.45, 7) is 6.59. The summed E-state index contributed by atoms with van der Waals surface area (Å²) >= 11 is 3.42. The highest BCUT2D eigenvalue weighted by Crippen LogP contribution is 2.22. The van der Waals surface area contributed by atoms with Crippen LogP contribution in [0.3, 0.4) is 0 Å². The fourth-order valence-corrected chi connectivity index (χ4v) is 1.28. The molecule has 0 fully saturated rings. The number of rotatable bonds is 1. The Labute approximate surface area is 98.9 Å². The number of hydrogen-bond donors (Lipinski definition) is 0. The van der Waals surface area contributed by atoms with Gasteiger partial charge in [0.15, 0.2) is 0 Å². The predicted molar refractivity (Wildman–Crippen MR) is 65.9 cm³/mol. The molecule has 0 unspecified atom stereocenters. The van der Waals surface area contributed by atoms with Gasteiger partial charge in [0, 0.05) is 17.7 Å². The summed E-state index contributed by atoms with van der Waals surface area (Å²) in [4.78, 5) is 4.19. The van der Waals surface area contributed by atoms with Crippen molar-refractivity contribution in [3.8, 4) is 0 Å². The van der Waals surface area contributed by atoms with Gasteiger partial charge in [-0.25, -0.2) is 0 Å². The zero-order valence-corrected chi connectivity index (χ0v) is 11.5. The van der Waals surface area contributed by atoms with Gasteiger partial charge in [0.1, 0.15) is 0 Å². The van der Waals surface area contributed by atoms with E-state index in [1.165, 1.54) is 11.1 Å². The summed E-state index contributed by atoms with van der Waals surface area (Å²) < 4.78 is 0. The highest BCUT2D eigenvalue weighted by atomic mass is 79.9. The summed E-state index contributed by atoms with van der Waals surface area (Å²) in [7, 11) is 0. The molecule has 1 heterocycles. The van der Waals surface area contributed by atoms with Crippen LogP contribution in [-0.4, -0.2) is 4.98 Å². The predicted octanol–water partition coefficient (Wildman–Crippen LogP) is 3.85. The van der Waals surface area contributed by atoms with Crippen molar-refractivity contribution in [3.05, 3.63) is 29.6 Å². The highest BCUT2D eigenvalue weighted by molar-refractivity contribution is 9.08. The van der Waals surface area contributed by atoms with E-state index in [1.54, 1.807) is 0 Å². The molecule has 0 saturated carbocycles. The number of alkyl halides is 1. The van der Waals surface area contributed by atoms with Crippen molar-refractivity contribution < 1.29 is 0 Å². The van der Waals surface area contributed by atoms with Crippen LogP contribution in [0.25, 0.3) is 0 Å². The Morgan fingerprint density at radius 2 is 1.92 bits per heavy atom. The van der Waals surface area contributed by atoms with E-state index in [0.717, 1.165) is 5.33 Å². The van der Waals surface area contributed by atoms with E-state index in [9.17, 15) is 0 Å². The Morgan fingerprint density at radius 3 is 2.38 bits per heavy atom. The van der Waals surface area contributed by atoms with Crippen LogP contribution in [0, 0.1) is 0 Å². The first-order valence-electron chi connectivity index (χ1n) is 4.04. The molecule has 1 rings (SSSR count). The Hall–Kier alpha value is 0.110. The summed E-state index contributed by atoms with van der Waals surface area (Å²) in [6, 6.07) is 2.20. The number of halogens is 2. The number of pyridine rings is 1. The van der Waals surface area contributed by atoms with E-state index < -0.39 is 0 Å². The van der Waals surface area contributed by atoms with E-state index in [1.807, 2.05) is 12.4 Å². The van der Waals surface area contributed by atoms with Gasteiger partial charge in [0.05, 0.1) is 0 Å². The maximum Gasteiger partial charge on any atom is 0.0308 e. The lowest BCUT2D eigenvalue weighted by Crippen LogP contribution is -2.11. The molecule has 0 N–H and O–H groups in total. The van der Waals surface area contributed by atoms with Gasteiger partial charge in [-0.3, -0.25) is 4.98 Å². The van der Waals surface area contributed by atoms with E-state index in [2.05, 4.69) is 47.8 Å². The number of aromatic nitrogens is 1. The lowest BCUT2D eigenvalue weighted by Gasteiger charge is -2.18. The zero-order valence-electron chi connectivity index (χ0n) is 8.17. The van der Waals surface area contributed by atoms with Crippen LogP contribution in [0.1, 0.15) is 31.9 Å². The molecule has 0 aromatic carbocycles. The standard InChI is InChI=1S/C10H14BrN.BrH/c1-10(2,3)9-4-8(5-11)6-12-7-9;/h4,6-7H,5H2,1-3H3;1H. The maximum absolute atomic E-state index is 4.19. The molecular weight excluding hydrogens is 294 g/mol. The largest absolute Gasteiger partial charge is 0.264 e. The average Bonchev–Trinajstić information content (AvgIpc) is 2.03. The van der Waals surface area contributed by atoms with E-state index in [0.29, 0.717) is 0 Å². The average molecular weight is 309 g/mol. The minimum absolute atomic E-state index is 0. The molecule has 0 atom stereocenters. The summed E-state index contributed by atoms with van der Waals surface area (Å²) in [5.74, 6) is 0. The fraction of sp³-hybridized carbons (Fsp3) is 0.500. The first-order valence-corrected chi connectivity index (χ1v) is 5.16. The molecule has 0 aliphatic carbocycles. The molecule has 0 aliphatic heterocycles. The Morgan fingerprint density at radius 1 is 1.31 bits per heavy atom. The fourth-order valence-electron chi connectivity index (χ4n) is 0.971. The zero-order chi connectivity index (χ0) is 9.19. The Bertz CT molecular complexity index is 266. The summed E-state index contributed by atoms with van der Waals surface area (Å²) in [5.41, 5.74) is 2.73. The van der Waals surface area contributed by atoms with Crippen LogP contribution in [0.4, 0.5) is 0 Å². The second-order valence-electron chi connectivity index (χ2n) is 3.97. The van der Waals surface area contributed by atoms with Crippen LogP contribution in [0.15, 0.2) is 18.5 Å². The van der Waals surface area contributed by atoms with Gasteiger partial charge >= 0.3 is 0 Å². The summed E-state index contributed by atoms with van der Waals surface area (Å²) in [6.07, 6.45) is 3.83. The van der Waals surface area contributed by atoms with Crippen molar-refractivity contribution in [1.29, 1.82) is 0 Å². The number of nitrogens with zero attached hydrogens (tertiary/aromatic N) is 1. The lowest BCUT2D eigenvalue weighted by molar-refractivity contribution is 0.586. The minimum Gasteiger partial charge on any atom is -0.264 e. The molecule has 0 saturated heterocycles. The first kappa shape index (κ1) is 13.1. The van der Waals surface area contributed by atoms with E-state index in [-0.39, 0.29) is 22.4 Å². The summed E-state index contributed by atoms with van der Waals surface area (Å²) in [5, 5.41) is 0.879. The van der Waals surface area contributed by atoms with Gasteiger partial charge in [-0.15, -0.1) is 17.0 Å². The lowest BCUT2D eigenvalue weighted by atomic mass is 9.88. The molecule has 0 radical (unpaired) electrons. The van der Waals surface area contributed by atoms with Gasteiger partial charge in [-0.2, -0.15) is 0 Å². The molecule has 0 aliphatic rings. The third-order valence-electron chi connectivity index (χ3n) is 1.82. The van der Waals surface area contributed by atoms with Crippen molar-refractivity contribution >= 4 is 32.9 Å². The second kappa shape index (κ2) is 5.11. The topological polar surface area (TPSA) is 12.9 Å². The molecule has 0 bridgehead atoms. The van der Waals surface area contributed by atoms with Gasteiger partial charge in [-0.1, -0.05) is 42.8 Å². The van der Waals surface area contributed by atoms with Gasteiger partial charge in [0.2, 0.25) is 0 Å². The van der Waals surface area contributed by atoms with Crippen molar-refractivity contribution in [1.82, 2.24) is 4.98 Å². The highest BCUT2D eigenvalue weighted by Gasteiger charge is 2.13. The Balaban J connectivity index is 0.00000144.